The van der Waals surface area contributed by atoms with Crippen molar-refractivity contribution in [1.29, 1.82) is 0 Å². The second-order valence-corrected chi connectivity index (χ2v) is 4.73. The van der Waals surface area contributed by atoms with E-state index in [0.717, 1.165) is 11.3 Å². The molecule has 0 saturated carbocycles. The molecule has 100 valence electrons. The molecule has 7 heteroatoms. The van der Waals surface area contributed by atoms with Gasteiger partial charge in [0.2, 0.25) is 17.8 Å². The molecule has 0 bridgehead atoms. The summed E-state index contributed by atoms with van der Waals surface area (Å²) in [7, 11) is 3.67. The highest BCUT2D eigenvalue weighted by Gasteiger charge is 2.07. The molecule has 3 N–H and O–H groups in total. The number of halogens is 1. The maximum atomic E-state index is 5.97. The molecule has 0 aliphatic heterocycles. The number of nitrogens with zero attached hydrogens (tertiary/aromatic N) is 4. The maximum absolute atomic E-state index is 5.97. The lowest BCUT2D eigenvalue weighted by molar-refractivity contribution is 0.969. The highest BCUT2D eigenvalue weighted by molar-refractivity contribution is 6.30. The first-order valence-corrected chi connectivity index (χ1v) is 6.05. The molecule has 0 unspecified atom stereocenters. The number of aromatic nitrogens is 3. The fourth-order valence-corrected chi connectivity index (χ4v) is 1.66. The van der Waals surface area contributed by atoms with Gasteiger partial charge in [-0.1, -0.05) is 17.7 Å². The van der Waals surface area contributed by atoms with E-state index in [0.29, 0.717) is 16.9 Å². The third-order valence-electron chi connectivity index (χ3n) is 2.49. The van der Waals surface area contributed by atoms with Crippen LogP contribution in [0.2, 0.25) is 5.02 Å². The second-order valence-electron chi connectivity index (χ2n) is 4.30. The van der Waals surface area contributed by atoms with E-state index in [1.165, 1.54) is 0 Å². The Morgan fingerprint density at radius 3 is 2.63 bits per heavy atom. The molecule has 0 saturated heterocycles. The summed E-state index contributed by atoms with van der Waals surface area (Å²) in [5, 5.41) is 3.74. The first-order chi connectivity index (χ1) is 8.95. The molecule has 0 radical (unpaired) electrons. The van der Waals surface area contributed by atoms with Crippen LogP contribution >= 0.6 is 11.6 Å². The lowest BCUT2D eigenvalue weighted by Crippen LogP contribution is -2.15. The van der Waals surface area contributed by atoms with E-state index in [-0.39, 0.29) is 5.95 Å². The van der Waals surface area contributed by atoms with Crippen LogP contribution in [0, 0.1) is 6.92 Å². The summed E-state index contributed by atoms with van der Waals surface area (Å²) in [6.45, 7) is 1.97. The Morgan fingerprint density at radius 2 is 1.95 bits per heavy atom. The quantitative estimate of drug-likeness (QED) is 0.896. The van der Waals surface area contributed by atoms with Crippen molar-refractivity contribution in [3.8, 4) is 0 Å². The van der Waals surface area contributed by atoms with Gasteiger partial charge in [-0.05, 0) is 24.6 Å². The molecule has 6 nitrogen and oxygen atoms in total. The number of nitrogens with two attached hydrogens (primary N) is 1. The molecule has 1 aromatic heterocycles. The van der Waals surface area contributed by atoms with E-state index in [1.807, 2.05) is 39.2 Å². The van der Waals surface area contributed by atoms with Crippen molar-refractivity contribution < 1.29 is 0 Å². The number of benzene rings is 1. The third kappa shape index (κ3) is 3.23. The molecule has 0 aliphatic rings. The lowest BCUT2D eigenvalue weighted by Gasteiger charge is -2.13. The van der Waals surface area contributed by atoms with Crippen LogP contribution in [-0.4, -0.2) is 29.0 Å². The van der Waals surface area contributed by atoms with Gasteiger partial charge in [-0.3, -0.25) is 0 Å². The molecule has 0 aliphatic carbocycles. The van der Waals surface area contributed by atoms with Gasteiger partial charge in [0.15, 0.2) is 0 Å². The number of rotatable bonds is 3. The van der Waals surface area contributed by atoms with Crippen LogP contribution in [-0.2, 0) is 0 Å². The van der Waals surface area contributed by atoms with E-state index in [9.17, 15) is 0 Å². The molecule has 2 rings (SSSR count). The highest BCUT2D eigenvalue weighted by atomic mass is 35.5. The molecule has 2 aromatic rings. The van der Waals surface area contributed by atoms with E-state index in [1.54, 1.807) is 4.90 Å². The first-order valence-electron chi connectivity index (χ1n) is 5.68. The van der Waals surface area contributed by atoms with Crippen molar-refractivity contribution in [3.63, 3.8) is 0 Å². The Bertz CT molecular complexity index is 599. The molecular formula is C12H15ClN6. The Labute approximate surface area is 116 Å². The zero-order valence-electron chi connectivity index (χ0n) is 11.0. The van der Waals surface area contributed by atoms with Crippen molar-refractivity contribution in [2.75, 3.05) is 30.0 Å². The predicted octanol–water partition coefficient (Wildman–Crippen LogP) is 2.23. The van der Waals surface area contributed by atoms with Gasteiger partial charge in [0.05, 0.1) is 0 Å². The normalized spacial score (nSPS) is 10.3. The molecule has 0 amide bonds. The van der Waals surface area contributed by atoms with E-state index in [2.05, 4.69) is 20.3 Å². The molecule has 0 spiro atoms. The first kappa shape index (κ1) is 13.4. The molecule has 0 atom stereocenters. The number of hydrogen-bond acceptors (Lipinski definition) is 6. The van der Waals surface area contributed by atoms with Crippen molar-refractivity contribution in [2.45, 2.75) is 6.92 Å². The number of hydrogen-bond donors (Lipinski definition) is 2. The second kappa shape index (κ2) is 5.27. The average Bonchev–Trinajstić information content (AvgIpc) is 2.33. The topological polar surface area (TPSA) is 80.0 Å². The molecular weight excluding hydrogens is 264 g/mol. The highest BCUT2D eigenvalue weighted by Crippen LogP contribution is 2.23. The van der Waals surface area contributed by atoms with Crippen LogP contribution < -0.4 is 16.0 Å². The van der Waals surface area contributed by atoms with Gasteiger partial charge in [-0.2, -0.15) is 15.0 Å². The summed E-state index contributed by atoms with van der Waals surface area (Å²) in [5.74, 6) is 1.05. The van der Waals surface area contributed by atoms with Crippen molar-refractivity contribution in [3.05, 3.63) is 28.8 Å². The molecule has 19 heavy (non-hydrogen) atoms. The van der Waals surface area contributed by atoms with Crippen LogP contribution in [0.1, 0.15) is 5.56 Å². The van der Waals surface area contributed by atoms with Gasteiger partial charge >= 0.3 is 0 Å². The number of nitrogens with one attached hydrogen (secondary N) is 1. The van der Waals surface area contributed by atoms with Crippen LogP contribution in [0.15, 0.2) is 18.2 Å². The monoisotopic (exact) mass is 278 g/mol. The summed E-state index contributed by atoms with van der Waals surface area (Å²) in [6.07, 6.45) is 0. The van der Waals surface area contributed by atoms with E-state index in [4.69, 9.17) is 17.3 Å². The molecule has 0 fully saturated rings. The van der Waals surface area contributed by atoms with Crippen molar-refractivity contribution in [1.82, 2.24) is 15.0 Å². The van der Waals surface area contributed by atoms with Crippen LogP contribution in [0.25, 0.3) is 0 Å². The smallest absolute Gasteiger partial charge is 0.233 e. The molecule has 1 heterocycles. The standard InChI is InChI=1S/C12H15ClN6/c1-7-4-5-8(13)6-9(7)15-11-16-10(14)17-12(18-11)19(2)3/h4-6H,1-3H3,(H3,14,15,16,17,18). The SMILES string of the molecule is Cc1ccc(Cl)cc1Nc1nc(N)nc(N(C)C)n1. The Kier molecular flexibility index (Phi) is 3.71. The summed E-state index contributed by atoms with van der Waals surface area (Å²) in [4.78, 5) is 14.1. The van der Waals surface area contributed by atoms with Gasteiger partial charge in [0, 0.05) is 24.8 Å². The van der Waals surface area contributed by atoms with Crippen LogP contribution in [0.5, 0.6) is 0 Å². The Morgan fingerprint density at radius 1 is 1.21 bits per heavy atom. The Hall–Kier alpha value is -2.08. The fraction of sp³-hybridized carbons (Fsp3) is 0.250. The summed E-state index contributed by atoms with van der Waals surface area (Å²) in [5.41, 5.74) is 7.54. The van der Waals surface area contributed by atoms with Gasteiger partial charge in [-0.25, -0.2) is 0 Å². The number of anilines is 4. The molecule has 1 aromatic carbocycles. The van der Waals surface area contributed by atoms with Gasteiger partial charge < -0.3 is 16.0 Å². The largest absolute Gasteiger partial charge is 0.368 e. The number of nitrogen functional groups attached to an aromatic ring is 1. The van der Waals surface area contributed by atoms with E-state index < -0.39 is 0 Å². The minimum absolute atomic E-state index is 0.167. The summed E-state index contributed by atoms with van der Waals surface area (Å²) in [6, 6.07) is 5.56. The minimum atomic E-state index is 0.167. The third-order valence-corrected chi connectivity index (χ3v) is 2.72. The fourth-order valence-electron chi connectivity index (χ4n) is 1.49. The van der Waals surface area contributed by atoms with Crippen LogP contribution in [0.3, 0.4) is 0 Å². The average molecular weight is 279 g/mol. The summed E-state index contributed by atoms with van der Waals surface area (Å²) >= 11 is 5.97. The van der Waals surface area contributed by atoms with Gasteiger partial charge in [0.25, 0.3) is 0 Å². The summed E-state index contributed by atoms with van der Waals surface area (Å²) < 4.78 is 0. The predicted molar refractivity (Wildman–Crippen MR) is 78.0 cm³/mol. The zero-order valence-corrected chi connectivity index (χ0v) is 11.7. The van der Waals surface area contributed by atoms with Gasteiger partial charge in [0.1, 0.15) is 0 Å². The zero-order chi connectivity index (χ0) is 14.0. The van der Waals surface area contributed by atoms with Gasteiger partial charge in [-0.15, -0.1) is 0 Å². The lowest BCUT2D eigenvalue weighted by atomic mass is 10.2. The van der Waals surface area contributed by atoms with Crippen molar-refractivity contribution in [2.24, 2.45) is 0 Å². The minimum Gasteiger partial charge on any atom is -0.368 e. The van der Waals surface area contributed by atoms with E-state index >= 15 is 0 Å². The van der Waals surface area contributed by atoms with Crippen molar-refractivity contribution >= 4 is 35.1 Å². The maximum Gasteiger partial charge on any atom is 0.233 e. The number of aryl methyl sites for hydroxylation is 1. The Balaban J connectivity index is 2.35. The van der Waals surface area contributed by atoms with Crippen LogP contribution in [0.4, 0.5) is 23.5 Å².